The number of ether oxygens (including phenoxy) is 1. The molecule has 0 aliphatic carbocycles. The van der Waals surface area contributed by atoms with Gasteiger partial charge in [0.25, 0.3) is 11.8 Å². The number of methoxy groups -OCH3 is 1. The molecule has 1 N–H and O–H groups in total. The summed E-state index contributed by atoms with van der Waals surface area (Å²) in [5, 5.41) is 7.09. The zero-order valence-corrected chi connectivity index (χ0v) is 19.3. The maximum atomic E-state index is 13.1. The van der Waals surface area contributed by atoms with Crippen LogP contribution in [0.4, 0.5) is 0 Å². The Morgan fingerprint density at radius 1 is 1.18 bits per heavy atom. The molecule has 3 aromatic rings. The van der Waals surface area contributed by atoms with Gasteiger partial charge in [-0.05, 0) is 32.8 Å². The highest BCUT2D eigenvalue weighted by atomic mass is 16.5. The Labute approximate surface area is 192 Å². The number of aryl methyl sites for hydroxylation is 2. The number of nitrogens with one attached hydrogen (secondary N) is 1. The van der Waals surface area contributed by atoms with Gasteiger partial charge in [0.1, 0.15) is 5.75 Å². The highest BCUT2D eigenvalue weighted by Crippen LogP contribution is 2.32. The average molecular weight is 449 g/mol. The van der Waals surface area contributed by atoms with E-state index in [-0.39, 0.29) is 17.9 Å². The van der Waals surface area contributed by atoms with E-state index in [1.807, 2.05) is 38.2 Å². The molecule has 0 bridgehead atoms. The molecule has 9 heteroatoms. The van der Waals surface area contributed by atoms with Crippen LogP contribution >= 0.6 is 0 Å². The number of likely N-dealkylation sites (tertiary alicyclic amines) is 1. The number of benzene rings is 1. The number of hydrogen-bond donors (Lipinski definition) is 1. The molecular weight excluding hydrogens is 420 g/mol. The fraction of sp³-hybridized carbons (Fsp3) is 0.375. The van der Waals surface area contributed by atoms with Crippen molar-refractivity contribution in [2.75, 3.05) is 13.7 Å². The summed E-state index contributed by atoms with van der Waals surface area (Å²) in [6.07, 6.45) is 4.81. The molecule has 33 heavy (non-hydrogen) atoms. The molecule has 3 heterocycles. The summed E-state index contributed by atoms with van der Waals surface area (Å²) in [6.45, 7) is 4.64. The van der Waals surface area contributed by atoms with Crippen LogP contribution in [-0.4, -0.2) is 50.1 Å². The lowest BCUT2D eigenvalue weighted by molar-refractivity contribution is 0.0728. The summed E-state index contributed by atoms with van der Waals surface area (Å²) in [6, 6.07) is 7.32. The van der Waals surface area contributed by atoms with Crippen LogP contribution in [0.2, 0.25) is 0 Å². The molecule has 1 aliphatic rings. The highest BCUT2D eigenvalue weighted by Gasteiger charge is 2.34. The lowest BCUT2D eigenvalue weighted by Crippen LogP contribution is -2.32. The van der Waals surface area contributed by atoms with Crippen molar-refractivity contribution in [2.24, 2.45) is 7.05 Å². The number of nitrogens with zero attached hydrogens (tertiary/aromatic N) is 5. The predicted octanol–water partition coefficient (Wildman–Crippen LogP) is 2.74. The van der Waals surface area contributed by atoms with E-state index in [0.717, 1.165) is 29.8 Å². The van der Waals surface area contributed by atoms with Crippen molar-refractivity contribution < 1.29 is 14.3 Å². The minimum absolute atomic E-state index is 0.0667. The van der Waals surface area contributed by atoms with Gasteiger partial charge in [-0.1, -0.05) is 18.2 Å². The summed E-state index contributed by atoms with van der Waals surface area (Å²) >= 11 is 0. The molecule has 0 spiro atoms. The molecule has 0 radical (unpaired) electrons. The van der Waals surface area contributed by atoms with Gasteiger partial charge in [0.05, 0.1) is 36.2 Å². The number of aromatic nitrogens is 4. The molecule has 1 saturated heterocycles. The quantitative estimate of drug-likeness (QED) is 0.622. The van der Waals surface area contributed by atoms with Crippen LogP contribution in [0.3, 0.4) is 0 Å². The summed E-state index contributed by atoms with van der Waals surface area (Å²) in [5.74, 6) is 0.954. The first-order valence-corrected chi connectivity index (χ1v) is 10.9. The Morgan fingerprint density at radius 2 is 1.97 bits per heavy atom. The van der Waals surface area contributed by atoms with E-state index in [9.17, 15) is 9.59 Å². The number of carbonyl (C=O) groups excluding carboxylic acids is 2. The SMILES string of the molecule is COc1ccccc1CNC(=O)c1cnc(C2CCCN2C(=O)c2cnn(C)c2C)nc1C. The third-order valence-corrected chi connectivity index (χ3v) is 6.15. The number of amides is 2. The van der Waals surface area contributed by atoms with E-state index in [2.05, 4.69) is 20.4 Å². The van der Waals surface area contributed by atoms with Gasteiger partial charge in [0.15, 0.2) is 5.82 Å². The monoisotopic (exact) mass is 448 g/mol. The molecule has 9 nitrogen and oxygen atoms in total. The molecular formula is C24H28N6O3. The Morgan fingerprint density at radius 3 is 2.67 bits per heavy atom. The van der Waals surface area contributed by atoms with Crippen molar-refractivity contribution in [3.8, 4) is 5.75 Å². The van der Waals surface area contributed by atoms with E-state index in [4.69, 9.17) is 4.74 Å². The van der Waals surface area contributed by atoms with Crippen LogP contribution in [-0.2, 0) is 13.6 Å². The third kappa shape index (κ3) is 4.44. The normalized spacial score (nSPS) is 15.5. The van der Waals surface area contributed by atoms with E-state index >= 15 is 0 Å². The van der Waals surface area contributed by atoms with Crippen molar-refractivity contribution >= 4 is 11.8 Å². The molecule has 2 aromatic heterocycles. The molecule has 1 aliphatic heterocycles. The number of carbonyl (C=O) groups is 2. The van der Waals surface area contributed by atoms with Gasteiger partial charge < -0.3 is 15.0 Å². The maximum absolute atomic E-state index is 13.1. The van der Waals surface area contributed by atoms with Gasteiger partial charge in [-0.15, -0.1) is 0 Å². The van der Waals surface area contributed by atoms with Crippen molar-refractivity contribution in [1.82, 2.24) is 30.0 Å². The van der Waals surface area contributed by atoms with Crippen LogP contribution in [0, 0.1) is 13.8 Å². The summed E-state index contributed by atoms with van der Waals surface area (Å²) in [4.78, 5) is 36.8. The fourth-order valence-corrected chi connectivity index (χ4v) is 4.13. The van der Waals surface area contributed by atoms with Crippen LogP contribution < -0.4 is 10.1 Å². The first kappa shape index (κ1) is 22.4. The molecule has 2 amide bonds. The second-order valence-electron chi connectivity index (χ2n) is 8.15. The summed E-state index contributed by atoms with van der Waals surface area (Å²) < 4.78 is 7.03. The predicted molar refractivity (Wildman–Crippen MR) is 122 cm³/mol. The van der Waals surface area contributed by atoms with Crippen molar-refractivity contribution in [3.05, 3.63) is 70.6 Å². The van der Waals surface area contributed by atoms with E-state index < -0.39 is 0 Å². The van der Waals surface area contributed by atoms with Crippen LogP contribution in [0.15, 0.2) is 36.7 Å². The molecule has 4 rings (SSSR count). The van der Waals surface area contributed by atoms with E-state index in [1.54, 1.807) is 36.0 Å². The molecule has 1 fully saturated rings. The second kappa shape index (κ2) is 9.40. The largest absolute Gasteiger partial charge is 0.496 e. The molecule has 1 aromatic carbocycles. The molecule has 1 atom stereocenters. The number of para-hydroxylation sites is 1. The Balaban J connectivity index is 1.49. The van der Waals surface area contributed by atoms with E-state index in [0.29, 0.717) is 35.7 Å². The Hall–Kier alpha value is -3.75. The minimum Gasteiger partial charge on any atom is -0.496 e. The van der Waals surface area contributed by atoms with Crippen molar-refractivity contribution in [2.45, 2.75) is 39.3 Å². The fourth-order valence-electron chi connectivity index (χ4n) is 4.13. The highest BCUT2D eigenvalue weighted by molar-refractivity contribution is 5.96. The lowest BCUT2D eigenvalue weighted by atomic mass is 10.1. The zero-order chi connectivity index (χ0) is 23.5. The minimum atomic E-state index is -0.254. The van der Waals surface area contributed by atoms with E-state index in [1.165, 1.54) is 0 Å². The summed E-state index contributed by atoms with van der Waals surface area (Å²) in [5.41, 5.74) is 3.29. The third-order valence-electron chi connectivity index (χ3n) is 6.15. The topological polar surface area (TPSA) is 102 Å². The molecule has 0 saturated carbocycles. The Bertz CT molecular complexity index is 1190. The smallest absolute Gasteiger partial charge is 0.257 e. The first-order chi connectivity index (χ1) is 15.9. The van der Waals surface area contributed by atoms with Gasteiger partial charge in [-0.2, -0.15) is 5.10 Å². The number of hydrogen-bond acceptors (Lipinski definition) is 6. The zero-order valence-electron chi connectivity index (χ0n) is 19.3. The second-order valence-corrected chi connectivity index (χ2v) is 8.15. The van der Waals surface area contributed by atoms with Crippen LogP contribution in [0.5, 0.6) is 5.75 Å². The standard InChI is InChI=1S/C24H28N6O3/c1-15-18(23(31)26-12-17-8-5-6-10-21(17)33-4)13-25-22(28-15)20-9-7-11-30(20)24(32)19-14-27-29(3)16(19)2/h5-6,8,10,13-14,20H,7,9,11-12H2,1-4H3,(H,26,31). The van der Waals surface area contributed by atoms with Crippen molar-refractivity contribution in [1.29, 1.82) is 0 Å². The van der Waals surface area contributed by atoms with Crippen LogP contribution in [0.1, 0.15) is 62.4 Å². The van der Waals surface area contributed by atoms with Crippen LogP contribution in [0.25, 0.3) is 0 Å². The van der Waals surface area contributed by atoms with Gasteiger partial charge >= 0.3 is 0 Å². The Kier molecular flexibility index (Phi) is 6.39. The average Bonchev–Trinajstić information content (AvgIpc) is 3.44. The van der Waals surface area contributed by atoms with Crippen molar-refractivity contribution in [3.63, 3.8) is 0 Å². The summed E-state index contributed by atoms with van der Waals surface area (Å²) in [7, 11) is 3.42. The van der Waals surface area contributed by atoms with Gasteiger partial charge in [-0.3, -0.25) is 14.3 Å². The lowest BCUT2D eigenvalue weighted by Gasteiger charge is -2.24. The van der Waals surface area contributed by atoms with Gasteiger partial charge in [0, 0.05) is 37.6 Å². The van der Waals surface area contributed by atoms with Gasteiger partial charge in [-0.25, -0.2) is 9.97 Å². The molecule has 1 unspecified atom stereocenters. The maximum Gasteiger partial charge on any atom is 0.257 e. The molecule has 172 valence electrons. The van der Waals surface area contributed by atoms with Gasteiger partial charge in [0.2, 0.25) is 0 Å². The first-order valence-electron chi connectivity index (χ1n) is 10.9. The number of rotatable bonds is 6.